The van der Waals surface area contributed by atoms with E-state index in [4.69, 9.17) is 12.2 Å². The lowest BCUT2D eigenvalue weighted by atomic mass is 9.96. The van der Waals surface area contributed by atoms with Crippen LogP contribution in [0.3, 0.4) is 0 Å². The van der Waals surface area contributed by atoms with Gasteiger partial charge in [-0.1, -0.05) is 18.9 Å². The second kappa shape index (κ2) is 8.42. The number of aromatic nitrogens is 3. The SMILES string of the molecule is Cc1cc([C@H]2[C@H](c3ccccn3)NC(=S)N2Cc2ccncc2)c(C)n1C1CCCC1. The van der Waals surface area contributed by atoms with Gasteiger partial charge >= 0.3 is 0 Å². The van der Waals surface area contributed by atoms with Gasteiger partial charge in [-0.05, 0) is 80.4 Å². The van der Waals surface area contributed by atoms with E-state index in [1.54, 1.807) is 0 Å². The second-order valence-electron chi connectivity index (χ2n) is 8.74. The Morgan fingerprint density at radius 1 is 1.06 bits per heavy atom. The number of rotatable bonds is 5. The van der Waals surface area contributed by atoms with Crippen molar-refractivity contribution >= 4 is 17.3 Å². The Hall–Kier alpha value is -2.73. The molecule has 1 saturated carbocycles. The van der Waals surface area contributed by atoms with Crippen LogP contribution in [0.1, 0.15) is 72.0 Å². The standard InChI is InChI=1S/C25H29N5S/c1-17-15-21(18(2)30(17)20-7-3-4-8-20)24-23(22-9-5-6-12-27-22)28-25(31)29(24)16-19-10-13-26-14-11-19/h5-6,9-15,20,23-24H,3-4,7-8,16H2,1-2H3,(H,28,31)/t23-,24-/m0/s1. The van der Waals surface area contributed by atoms with Crippen LogP contribution in [0.5, 0.6) is 0 Å². The summed E-state index contributed by atoms with van der Waals surface area (Å²) in [4.78, 5) is 11.2. The van der Waals surface area contributed by atoms with E-state index in [2.05, 4.69) is 68.9 Å². The Morgan fingerprint density at radius 2 is 1.84 bits per heavy atom. The van der Waals surface area contributed by atoms with Gasteiger partial charge in [0.1, 0.15) is 0 Å². The lowest BCUT2D eigenvalue weighted by molar-refractivity contribution is 0.309. The molecule has 5 nitrogen and oxygen atoms in total. The minimum Gasteiger partial charge on any atom is -0.352 e. The van der Waals surface area contributed by atoms with Crippen molar-refractivity contribution < 1.29 is 0 Å². The maximum atomic E-state index is 5.85. The number of hydrogen-bond donors (Lipinski definition) is 1. The van der Waals surface area contributed by atoms with Crippen molar-refractivity contribution in [1.29, 1.82) is 0 Å². The smallest absolute Gasteiger partial charge is 0.170 e. The molecule has 0 amide bonds. The molecule has 1 saturated heterocycles. The quantitative estimate of drug-likeness (QED) is 0.564. The maximum absolute atomic E-state index is 5.85. The molecule has 2 aliphatic rings. The van der Waals surface area contributed by atoms with Crippen LogP contribution >= 0.6 is 12.2 Å². The summed E-state index contributed by atoms with van der Waals surface area (Å²) in [6, 6.07) is 13.4. The number of aryl methyl sites for hydroxylation is 1. The summed E-state index contributed by atoms with van der Waals surface area (Å²) >= 11 is 5.85. The average Bonchev–Trinajstić information content (AvgIpc) is 3.49. The monoisotopic (exact) mass is 431 g/mol. The molecule has 4 heterocycles. The third-order valence-corrected chi connectivity index (χ3v) is 7.18. The minimum absolute atomic E-state index is 0.0214. The van der Waals surface area contributed by atoms with Crippen LogP contribution in [0.15, 0.2) is 55.0 Å². The van der Waals surface area contributed by atoms with E-state index in [-0.39, 0.29) is 12.1 Å². The highest BCUT2D eigenvalue weighted by Gasteiger charge is 2.41. The van der Waals surface area contributed by atoms with Crippen LogP contribution in [0, 0.1) is 13.8 Å². The fraction of sp³-hybridized carbons (Fsp3) is 0.400. The highest BCUT2D eigenvalue weighted by molar-refractivity contribution is 7.80. The van der Waals surface area contributed by atoms with Crippen molar-refractivity contribution in [2.75, 3.05) is 0 Å². The van der Waals surface area contributed by atoms with E-state index >= 15 is 0 Å². The van der Waals surface area contributed by atoms with Crippen molar-refractivity contribution in [1.82, 2.24) is 24.8 Å². The normalized spacial score (nSPS) is 21.6. The van der Waals surface area contributed by atoms with E-state index in [0.717, 1.165) is 17.4 Å². The first-order valence-electron chi connectivity index (χ1n) is 11.2. The largest absolute Gasteiger partial charge is 0.352 e. The molecule has 0 aromatic carbocycles. The highest BCUT2D eigenvalue weighted by atomic mass is 32.1. The summed E-state index contributed by atoms with van der Waals surface area (Å²) in [6.07, 6.45) is 10.8. The topological polar surface area (TPSA) is 46.0 Å². The summed E-state index contributed by atoms with van der Waals surface area (Å²) in [5.74, 6) is 0. The zero-order valence-electron chi connectivity index (χ0n) is 18.2. The van der Waals surface area contributed by atoms with E-state index in [1.807, 2.05) is 24.7 Å². The van der Waals surface area contributed by atoms with Crippen molar-refractivity contribution in [2.24, 2.45) is 0 Å². The van der Waals surface area contributed by atoms with E-state index in [0.29, 0.717) is 6.04 Å². The summed E-state index contributed by atoms with van der Waals surface area (Å²) in [6.45, 7) is 5.27. The van der Waals surface area contributed by atoms with Gasteiger partial charge in [0, 0.05) is 42.6 Å². The number of hydrogen-bond acceptors (Lipinski definition) is 3. The van der Waals surface area contributed by atoms with E-state index < -0.39 is 0 Å². The molecule has 1 N–H and O–H groups in total. The van der Waals surface area contributed by atoms with Crippen LogP contribution in [0.4, 0.5) is 0 Å². The molecule has 160 valence electrons. The molecule has 2 atom stereocenters. The molecular formula is C25H29N5S. The van der Waals surface area contributed by atoms with Gasteiger partial charge in [-0.3, -0.25) is 9.97 Å². The molecule has 0 radical (unpaired) electrons. The Kier molecular flexibility index (Phi) is 5.48. The van der Waals surface area contributed by atoms with Crippen LogP contribution in [-0.4, -0.2) is 24.5 Å². The first kappa shape index (κ1) is 20.2. The van der Waals surface area contributed by atoms with Crippen LogP contribution in [-0.2, 0) is 6.54 Å². The van der Waals surface area contributed by atoms with E-state index in [9.17, 15) is 0 Å². The fourth-order valence-corrected chi connectivity index (χ4v) is 5.73. The zero-order valence-corrected chi connectivity index (χ0v) is 19.0. The Labute approximate surface area is 189 Å². The lowest BCUT2D eigenvalue weighted by Crippen LogP contribution is -2.29. The van der Waals surface area contributed by atoms with Gasteiger partial charge < -0.3 is 14.8 Å². The molecule has 0 spiro atoms. The van der Waals surface area contributed by atoms with Gasteiger partial charge in [0.15, 0.2) is 5.11 Å². The summed E-state index contributed by atoms with van der Waals surface area (Å²) in [5, 5.41) is 4.37. The minimum atomic E-state index is 0.0214. The molecule has 1 aliphatic carbocycles. The number of pyridine rings is 2. The second-order valence-corrected chi connectivity index (χ2v) is 9.13. The lowest BCUT2D eigenvalue weighted by Gasteiger charge is -2.28. The first-order valence-corrected chi connectivity index (χ1v) is 11.6. The first-order chi connectivity index (χ1) is 15.1. The molecule has 31 heavy (non-hydrogen) atoms. The third-order valence-electron chi connectivity index (χ3n) is 6.83. The number of nitrogens with zero attached hydrogens (tertiary/aromatic N) is 4. The number of thiocarbonyl (C=S) groups is 1. The van der Waals surface area contributed by atoms with Crippen molar-refractivity contribution in [2.45, 2.75) is 64.2 Å². The molecule has 6 heteroatoms. The van der Waals surface area contributed by atoms with Gasteiger partial charge in [-0.2, -0.15) is 0 Å². The van der Waals surface area contributed by atoms with Crippen molar-refractivity contribution in [3.63, 3.8) is 0 Å². The van der Waals surface area contributed by atoms with Gasteiger partial charge in [-0.25, -0.2) is 0 Å². The summed E-state index contributed by atoms with van der Waals surface area (Å²) in [5.41, 5.74) is 6.29. The molecule has 1 aliphatic heterocycles. The van der Waals surface area contributed by atoms with E-state index in [1.165, 1.54) is 48.2 Å². The van der Waals surface area contributed by atoms with Gasteiger partial charge in [-0.15, -0.1) is 0 Å². The van der Waals surface area contributed by atoms with Gasteiger partial charge in [0.05, 0.1) is 17.8 Å². The Bertz CT molecular complexity index is 1060. The molecule has 2 fully saturated rings. The van der Waals surface area contributed by atoms with Crippen LogP contribution < -0.4 is 5.32 Å². The highest BCUT2D eigenvalue weighted by Crippen LogP contribution is 2.43. The number of nitrogens with one attached hydrogen (secondary N) is 1. The average molecular weight is 432 g/mol. The van der Waals surface area contributed by atoms with Gasteiger partial charge in [0.2, 0.25) is 0 Å². The Morgan fingerprint density at radius 3 is 2.55 bits per heavy atom. The van der Waals surface area contributed by atoms with Gasteiger partial charge in [0.25, 0.3) is 0 Å². The van der Waals surface area contributed by atoms with Crippen LogP contribution in [0.2, 0.25) is 0 Å². The molecular weight excluding hydrogens is 402 g/mol. The Balaban J connectivity index is 1.58. The van der Waals surface area contributed by atoms with Crippen LogP contribution in [0.25, 0.3) is 0 Å². The zero-order chi connectivity index (χ0) is 21.4. The maximum Gasteiger partial charge on any atom is 0.170 e. The molecule has 0 unspecified atom stereocenters. The van der Waals surface area contributed by atoms with Crippen molar-refractivity contribution in [3.05, 3.63) is 83.2 Å². The molecule has 3 aromatic heterocycles. The summed E-state index contributed by atoms with van der Waals surface area (Å²) < 4.78 is 2.57. The molecule has 5 rings (SSSR count). The van der Waals surface area contributed by atoms with Crippen molar-refractivity contribution in [3.8, 4) is 0 Å². The third kappa shape index (κ3) is 3.74. The predicted octanol–water partition coefficient (Wildman–Crippen LogP) is 5.18. The summed E-state index contributed by atoms with van der Waals surface area (Å²) in [7, 11) is 0. The fourth-order valence-electron chi connectivity index (χ4n) is 5.43. The molecule has 0 bridgehead atoms. The molecule has 3 aromatic rings. The predicted molar refractivity (Wildman–Crippen MR) is 127 cm³/mol.